The maximum absolute atomic E-state index is 3.29. The Balaban J connectivity index is 2.22. The maximum atomic E-state index is 3.29. The molecule has 2 heteroatoms. The lowest BCUT2D eigenvalue weighted by Gasteiger charge is -2.24. The minimum atomic E-state index is 0.809. The van der Waals surface area contributed by atoms with Crippen LogP contribution in [0.4, 0.5) is 0 Å². The van der Waals surface area contributed by atoms with Crippen LogP contribution in [0.25, 0.3) is 0 Å². The fourth-order valence-corrected chi connectivity index (χ4v) is 2.08. The lowest BCUT2D eigenvalue weighted by molar-refractivity contribution is 0.237. The lowest BCUT2D eigenvalue weighted by atomic mass is 10.1. The van der Waals surface area contributed by atoms with Gasteiger partial charge in [-0.2, -0.15) is 0 Å². The lowest BCUT2D eigenvalue weighted by Crippen LogP contribution is -2.37. The van der Waals surface area contributed by atoms with Gasteiger partial charge < -0.3 is 5.32 Å². The first-order valence-electron chi connectivity index (χ1n) is 5.62. The Bertz CT molecular complexity index is 134. The van der Waals surface area contributed by atoms with Gasteiger partial charge >= 0.3 is 0 Å². The summed E-state index contributed by atoms with van der Waals surface area (Å²) in [6.45, 7) is 8.40. The predicted molar refractivity (Wildman–Crippen MR) is 58.0 cm³/mol. The molecule has 0 aliphatic carbocycles. The summed E-state index contributed by atoms with van der Waals surface area (Å²) < 4.78 is 0. The molecule has 0 aromatic heterocycles. The molecule has 1 atom stereocenters. The van der Waals surface area contributed by atoms with Gasteiger partial charge in [-0.05, 0) is 45.3 Å². The largest absolute Gasteiger partial charge is 0.318 e. The topological polar surface area (TPSA) is 15.3 Å². The Morgan fingerprint density at radius 3 is 2.85 bits per heavy atom. The summed E-state index contributed by atoms with van der Waals surface area (Å²) >= 11 is 0. The van der Waals surface area contributed by atoms with Crippen LogP contribution in [0.1, 0.15) is 33.1 Å². The highest BCUT2D eigenvalue weighted by Gasteiger charge is 2.22. The minimum absolute atomic E-state index is 0.809. The van der Waals surface area contributed by atoms with E-state index in [0.29, 0.717) is 0 Å². The third-order valence-electron chi connectivity index (χ3n) is 2.93. The van der Waals surface area contributed by atoms with Gasteiger partial charge in [0.1, 0.15) is 0 Å². The first-order chi connectivity index (χ1) is 6.24. The van der Waals surface area contributed by atoms with E-state index in [1.54, 1.807) is 0 Å². The zero-order valence-corrected chi connectivity index (χ0v) is 9.34. The summed E-state index contributed by atoms with van der Waals surface area (Å²) in [5, 5.41) is 3.29. The van der Waals surface area contributed by atoms with Crippen LogP contribution >= 0.6 is 0 Å². The molecule has 0 bridgehead atoms. The van der Waals surface area contributed by atoms with E-state index in [1.165, 1.54) is 32.4 Å². The smallest absolute Gasteiger partial charge is 0.0220 e. The summed E-state index contributed by atoms with van der Waals surface area (Å²) in [6.07, 6.45) is 4.13. The Kier molecular flexibility index (Phi) is 4.74. The molecule has 1 fully saturated rings. The van der Waals surface area contributed by atoms with Crippen LogP contribution < -0.4 is 5.32 Å². The summed E-state index contributed by atoms with van der Waals surface area (Å²) in [4.78, 5) is 2.65. The van der Waals surface area contributed by atoms with E-state index in [1.807, 2.05) is 0 Å². The zero-order valence-electron chi connectivity index (χ0n) is 9.34. The van der Waals surface area contributed by atoms with Crippen molar-refractivity contribution in [2.45, 2.75) is 39.2 Å². The third-order valence-corrected chi connectivity index (χ3v) is 2.93. The highest BCUT2D eigenvalue weighted by molar-refractivity contribution is 4.80. The van der Waals surface area contributed by atoms with Crippen molar-refractivity contribution in [1.82, 2.24) is 10.2 Å². The van der Waals surface area contributed by atoms with Gasteiger partial charge in [0.15, 0.2) is 0 Å². The van der Waals surface area contributed by atoms with Gasteiger partial charge in [0.25, 0.3) is 0 Å². The number of rotatable bonds is 5. The molecule has 0 spiro atoms. The third kappa shape index (κ3) is 3.65. The summed E-state index contributed by atoms with van der Waals surface area (Å²) in [6, 6.07) is 0.809. The number of hydrogen-bond acceptors (Lipinski definition) is 2. The molecule has 0 saturated carbocycles. The van der Waals surface area contributed by atoms with Gasteiger partial charge in [-0.25, -0.2) is 0 Å². The van der Waals surface area contributed by atoms with Crippen molar-refractivity contribution in [3.05, 3.63) is 0 Å². The van der Waals surface area contributed by atoms with Crippen LogP contribution in [0.5, 0.6) is 0 Å². The Hall–Kier alpha value is -0.0800. The van der Waals surface area contributed by atoms with Crippen LogP contribution in [0.3, 0.4) is 0 Å². The van der Waals surface area contributed by atoms with Crippen LogP contribution in [-0.4, -0.2) is 37.6 Å². The minimum Gasteiger partial charge on any atom is -0.318 e. The maximum Gasteiger partial charge on any atom is 0.0220 e. The standard InChI is InChI=1S/C11H24N2/c1-10(2)6-8-13-7-4-5-11(13)9-12-3/h10-12H,4-9H2,1-3H3. The first-order valence-corrected chi connectivity index (χ1v) is 5.62. The van der Waals surface area contributed by atoms with E-state index in [9.17, 15) is 0 Å². The average Bonchev–Trinajstić information content (AvgIpc) is 2.49. The average molecular weight is 184 g/mol. The zero-order chi connectivity index (χ0) is 9.68. The molecule has 0 radical (unpaired) electrons. The van der Waals surface area contributed by atoms with Crippen LogP contribution in [-0.2, 0) is 0 Å². The Morgan fingerprint density at radius 1 is 1.46 bits per heavy atom. The second kappa shape index (κ2) is 5.61. The van der Waals surface area contributed by atoms with Crippen molar-refractivity contribution >= 4 is 0 Å². The molecule has 1 aliphatic heterocycles. The second-order valence-electron chi connectivity index (χ2n) is 4.57. The molecule has 1 aliphatic rings. The molecule has 0 amide bonds. The van der Waals surface area contributed by atoms with E-state index in [4.69, 9.17) is 0 Å². The van der Waals surface area contributed by atoms with Crippen LogP contribution in [0.15, 0.2) is 0 Å². The van der Waals surface area contributed by atoms with Gasteiger partial charge in [0, 0.05) is 12.6 Å². The Morgan fingerprint density at radius 2 is 2.23 bits per heavy atom. The molecule has 1 rings (SSSR count). The van der Waals surface area contributed by atoms with Crippen molar-refractivity contribution in [3.8, 4) is 0 Å². The van der Waals surface area contributed by atoms with E-state index >= 15 is 0 Å². The van der Waals surface area contributed by atoms with Gasteiger partial charge in [-0.15, -0.1) is 0 Å². The molecule has 78 valence electrons. The number of likely N-dealkylation sites (tertiary alicyclic amines) is 1. The molecular formula is C11H24N2. The van der Waals surface area contributed by atoms with Crippen molar-refractivity contribution in [1.29, 1.82) is 0 Å². The Labute approximate surface area is 82.7 Å². The van der Waals surface area contributed by atoms with E-state index in [2.05, 4.69) is 31.1 Å². The van der Waals surface area contributed by atoms with Gasteiger partial charge in [0.2, 0.25) is 0 Å². The number of nitrogens with one attached hydrogen (secondary N) is 1. The molecule has 1 N–H and O–H groups in total. The van der Waals surface area contributed by atoms with Crippen molar-refractivity contribution < 1.29 is 0 Å². The fraction of sp³-hybridized carbons (Fsp3) is 1.00. The monoisotopic (exact) mass is 184 g/mol. The molecule has 1 unspecified atom stereocenters. The fourth-order valence-electron chi connectivity index (χ4n) is 2.08. The number of likely N-dealkylation sites (N-methyl/N-ethyl adjacent to an activating group) is 1. The van der Waals surface area contributed by atoms with Gasteiger partial charge in [0.05, 0.1) is 0 Å². The van der Waals surface area contributed by atoms with Gasteiger partial charge in [-0.1, -0.05) is 13.8 Å². The van der Waals surface area contributed by atoms with Crippen molar-refractivity contribution in [2.24, 2.45) is 5.92 Å². The highest BCUT2D eigenvalue weighted by Crippen LogP contribution is 2.17. The molecule has 2 nitrogen and oxygen atoms in total. The number of hydrogen-bond donors (Lipinski definition) is 1. The molecule has 0 aromatic rings. The van der Waals surface area contributed by atoms with Crippen molar-refractivity contribution in [3.63, 3.8) is 0 Å². The predicted octanol–water partition coefficient (Wildman–Crippen LogP) is 1.72. The van der Waals surface area contributed by atoms with E-state index < -0.39 is 0 Å². The van der Waals surface area contributed by atoms with Crippen LogP contribution in [0, 0.1) is 5.92 Å². The molecule has 13 heavy (non-hydrogen) atoms. The highest BCUT2D eigenvalue weighted by atomic mass is 15.2. The summed E-state index contributed by atoms with van der Waals surface area (Å²) in [5.41, 5.74) is 0. The van der Waals surface area contributed by atoms with Crippen molar-refractivity contribution in [2.75, 3.05) is 26.7 Å². The molecular weight excluding hydrogens is 160 g/mol. The molecule has 1 saturated heterocycles. The summed E-state index contributed by atoms with van der Waals surface area (Å²) in [7, 11) is 2.05. The van der Waals surface area contributed by atoms with Crippen LogP contribution in [0.2, 0.25) is 0 Å². The normalized spacial score (nSPS) is 24.5. The van der Waals surface area contributed by atoms with E-state index in [-0.39, 0.29) is 0 Å². The SMILES string of the molecule is CNCC1CCCN1CCC(C)C. The number of nitrogens with zero attached hydrogens (tertiary/aromatic N) is 1. The first kappa shape index (κ1) is 11.0. The van der Waals surface area contributed by atoms with Gasteiger partial charge in [-0.3, -0.25) is 4.90 Å². The molecule has 0 aromatic carbocycles. The van der Waals surface area contributed by atoms with E-state index in [0.717, 1.165) is 18.5 Å². The quantitative estimate of drug-likeness (QED) is 0.700. The second-order valence-corrected chi connectivity index (χ2v) is 4.57. The summed E-state index contributed by atoms with van der Waals surface area (Å²) in [5.74, 6) is 0.843. The molecule has 1 heterocycles.